The highest BCUT2D eigenvalue weighted by Crippen LogP contribution is 2.28. The second-order valence-corrected chi connectivity index (χ2v) is 7.75. The zero-order valence-corrected chi connectivity index (χ0v) is 16.6. The molecule has 0 saturated carbocycles. The van der Waals surface area contributed by atoms with Gasteiger partial charge in [-0.05, 0) is 60.0 Å². The number of halogens is 1. The van der Waals surface area contributed by atoms with Gasteiger partial charge in [-0.2, -0.15) is 0 Å². The number of piperidine rings is 1. The highest BCUT2D eigenvalue weighted by molar-refractivity contribution is 9.10. The van der Waals surface area contributed by atoms with E-state index in [2.05, 4.69) is 60.2 Å². The van der Waals surface area contributed by atoms with Gasteiger partial charge in [-0.15, -0.1) is 0 Å². The lowest BCUT2D eigenvalue weighted by Crippen LogP contribution is -2.38. The summed E-state index contributed by atoms with van der Waals surface area (Å²) in [5.74, 6) is 1.56. The molecule has 3 aromatic rings. The third-order valence-electron chi connectivity index (χ3n) is 4.91. The minimum absolute atomic E-state index is 0.0125. The fourth-order valence-corrected chi connectivity index (χ4v) is 3.67. The van der Waals surface area contributed by atoms with E-state index in [4.69, 9.17) is 0 Å². The first-order valence-electron chi connectivity index (χ1n) is 8.99. The highest BCUT2D eigenvalue weighted by Gasteiger charge is 2.26. The van der Waals surface area contributed by atoms with Crippen LogP contribution < -0.4 is 10.2 Å². The molecule has 0 bridgehead atoms. The number of hydrogen-bond donors (Lipinski definition) is 1. The first kappa shape index (κ1) is 17.9. The van der Waals surface area contributed by atoms with Crippen molar-refractivity contribution in [1.82, 2.24) is 15.0 Å². The van der Waals surface area contributed by atoms with Crippen LogP contribution in [0.5, 0.6) is 0 Å². The number of pyridine rings is 1. The van der Waals surface area contributed by atoms with Crippen LogP contribution in [0.3, 0.4) is 0 Å². The monoisotopic (exact) mass is 425 g/mol. The largest absolute Gasteiger partial charge is 0.356 e. The predicted octanol–water partition coefficient (Wildman–Crippen LogP) is 3.95. The first-order valence-corrected chi connectivity index (χ1v) is 9.78. The van der Waals surface area contributed by atoms with Crippen LogP contribution >= 0.6 is 15.9 Å². The molecule has 1 aliphatic rings. The second-order valence-electron chi connectivity index (χ2n) is 6.83. The molecule has 0 atom stereocenters. The van der Waals surface area contributed by atoms with E-state index in [9.17, 15) is 4.79 Å². The van der Waals surface area contributed by atoms with Gasteiger partial charge in [-0.25, -0.2) is 15.0 Å². The summed E-state index contributed by atoms with van der Waals surface area (Å²) in [7, 11) is 0. The molecule has 138 valence electrons. The molecular weight excluding hydrogens is 406 g/mol. The number of carbonyl (C=O) groups excluding carboxylic acids is 1. The van der Waals surface area contributed by atoms with Crippen molar-refractivity contribution in [2.45, 2.75) is 19.8 Å². The predicted molar refractivity (Wildman–Crippen MR) is 110 cm³/mol. The van der Waals surface area contributed by atoms with E-state index in [0.29, 0.717) is 5.82 Å². The SMILES string of the molecule is Cc1ccc2ncnc(N3CCC(C(=O)Nc4ccc(Br)cn4)CC3)c2c1. The van der Waals surface area contributed by atoms with Crippen LogP contribution in [0, 0.1) is 12.8 Å². The topological polar surface area (TPSA) is 71.0 Å². The summed E-state index contributed by atoms with van der Waals surface area (Å²) in [6, 6.07) is 9.88. The third-order valence-corrected chi connectivity index (χ3v) is 5.38. The summed E-state index contributed by atoms with van der Waals surface area (Å²) >= 11 is 3.35. The molecule has 27 heavy (non-hydrogen) atoms. The summed E-state index contributed by atoms with van der Waals surface area (Å²) < 4.78 is 0.890. The van der Waals surface area contributed by atoms with Gasteiger partial charge in [-0.1, -0.05) is 11.6 Å². The van der Waals surface area contributed by atoms with Crippen LogP contribution in [0.2, 0.25) is 0 Å². The molecule has 0 spiro atoms. The Balaban J connectivity index is 1.44. The van der Waals surface area contributed by atoms with Crippen LogP contribution in [0.15, 0.2) is 47.3 Å². The Hall–Kier alpha value is -2.54. The fourth-order valence-electron chi connectivity index (χ4n) is 3.44. The van der Waals surface area contributed by atoms with E-state index >= 15 is 0 Å². The number of fused-ring (bicyclic) bond motifs is 1. The molecule has 0 radical (unpaired) electrons. The van der Waals surface area contributed by atoms with Crippen LogP contribution in [0.25, 0.3) is 10.9 Å². The molecule has 1 aliphatic heterocycles. The average molecular weight is 426 g/mol. The van der Waals surface area contributed by atoms with Gasteiger partial charge in [0.1, 0.15) is 18.0 Å². The normalized spacial score (nSPS) is 15.1. The molecule has 7 heteroatoms. The standard InChI is InChI=1S/C20H20BrN5O/c1-13-2-4-17-16(10-13)19(24-12-23-17)26-8-6-14(7-9-26)20(27)25-18-5-3-15(21)11-22-18/h2-5,10-12,14H,6-9H2,1H3,(H,22,25,27). The number of aromatic nitrogens is 3. The Morgan fingerprint density at radius 1 is 1.15 bits per heavy atom. The summed E-state index contributed by atoms with van der Waals surface area (Å²) in [5, 5.41) is 3.98. The van der Waals surface area contributed by atoms with E-state index in [1.807, 2.05) is 12.1 Å². The van der Waals surface area contributed by atoms with Gasteiger partial charge in [-0.3, -0.25) is 4.79 Å². The van der Waals surface area contributed by atoms with Gasteiger partial charge in [0.25, 0.3) is 0 Å². The van der Waals surface area contributed by atoms with Crippen molar-refractivity contribution >= 4 is 44.4 Å². The van der Waals surface area contributed by atoms with Crippen LogP contribution in [-0.2, 0) is 4.79 Å². The summed E-state index contributed by atoms with van der Waals surface area (Å²) in [6.45, 7) is 3.67. The van der Waals surface area contributed by atoms with Crippen LogP contribution in [0.4, 0.5) is 11.6 Å². The van der Waals surface area contributed by atoms with Crippen molar-refractivity contribution in [3.8, 4) is 0 Å². The van der Waals surface area contributed by atoms with Crippen molar-refractivity contribution in [3.05, 3.63) is 52.9 Å². The zero-order chi connectivity index (χ0) is 18.8. The molecule has 0 unspecified atom stereocenters. The number of benzene rings is 1. The lowest BCUT2D eigenvalue weighted by molar-refractivity contribution is -0.120. The van der Waals surface area contributed by atoms with Gasteiger partial charge >= 0.3 is 0 Å². The molecule has 1 aromatic carbocycles. The maximum absolute atomic E-state index is 12.5. The maximum atomic E-state index is 12.5. The van der Waals surface area contributed by atoms with Crippen molar-refractivity contribution < 1.29 is 4.79 Å². The van der Waals surface area contributed by atoms with Crippen LogP contribution in [0.1, 0.15) is 18.4 Å². The van der Waals surface area contributed by atoms with Crippen molar-refractivity contribution in [2.24, 2.45) is 5.92 Å². The molecule has 1 N–H and O–H groups in total. The number of amides is 1. The van der Waals surface area contributed by atoms with E-state index in [1.165, 1.54) is 5.56 Å². The smallest absolute Gasteiger partial charge is 0.228 e. The number of rotatable bonds is 3. The molecule has 2 aromatic heterocycles. The fraction of sp³-hybridized carbons (Fsp3) is 0.300. The lowest BCUT2D eigenvalue weighted by Gasteiger charge is -2.32. The Morgan fingerprint density at radius 2 is 1.96 bits per heavy atom. The number of aryl methyl sites for hydroxylation is 1. The number of hydrogen-bond acceptors (Lipinski definition) is 5. The second kappa shape index (κ2) is 7.60. The third kappa shape index (κ3) is 3.93. The Morgan fingerprint density at radius 3 is 2.70 bits per heavy atom. The molecule has 1 saturated heterocycles. The highest BCUT2D eigenvalue weighted by atomic mass is 79.9. The molecular formula is C20H20BrN5O. The number of nitrogens with one attached hydrogen (secondary N) is 1. The zero-order valence-electron chi connectivity index (χ0n) is 15.0. The summed E-state index contributed by atoms with van der Waals surface area (Å²) in [6.07, 6.45) is 4.88. The molecule has 1 fully saturated rings. The average Bonchev–Trinajstić information content (AvgIpc) is 2.69. The summed E-state index contributed by atoms with van der Waals surface area (Å²) in [4.78, 5) is 27.9. The van der Waals surface area contributed by atoms with Crippen LogP contribution in [-0.4, -0.2) is 33.9 Å². The van der Waals surface area contributed by atoms with Crippen molar-refractivity contribution in [1.29, 1.82) is 0 Å². The van der Waals surface area contributed by atoms with E-state index < -0.39 is 0 Å². The summed E-state index contributed by atoms with van der Waals surface area (Å²) in [5.41, 5.74) is 2.14. The van der Waals surface area contributed by atoms with Crippen molar-refractivity contribution in [3.63, 3.8) is 0 Å². The lowest BCUT2D eigenvalue weighted by atomic mass is 9.95. The quantitative estimate of drug-likeness (QED) is 0.687. The van der Waals surface area contributed by atoms with E-state index in [0.717, 1.165) is 47.1 Å². The molecule has 0 aliphatic carbocycles. The first-order chi connectivity index (χ1) is 13.1. The van der Waals surface area contributed by atoms with Gasteiger partial charge < -0.3 is 10.2 Å². The van der Waals surface area contributed by atoms with E-state index in [1.54, 1.807) is 18.6 Å². The molecule has 6 nitrogen and oxygen atoms in total. The Kier molecular flexibility index (Phi) is 5.03. The van der Waals surface area contributed by atoms with Crippen molar-refractivity contribution in [2.75, 3.05) is 23.3 Å². The van der Waals surface area contributed by atoms with Gasteiger partial charge in [0.15, 0.2) is 0 Å². The van der Waals surface area contributed by atoms with E-state index in [-0.39, 0.29) is 11.8 Å². The Bertz CT molecular complexity index is 968. The number of nitrogens with zero attached hydrogens (tertiary/aromatic N) is 4. The molecule has 1 amide bonds. The molecule has 4 rings (SSSR count). The minimum Gasteiger partial charge on any atom is -0.356 e. The number of carbonyl (C=O) groups is 1. The van der Waals surface area contributed by atoms with Gasteiger partial charge in [0, 0.05) is 35.1 Å². The minimum atomic E-state index is -0.0125. The Labute approximate surface area is 166 Å². The maximum Gasteiger partial charge on any atom is 0.228 e. The molecule has 3 heterocycles. The number of anilines is 2. The van der Waals surface area contributed by atoms with Gasteiger partial charge in [0.2, 0.25) is 5.91 Å². The van der Waals surface area contributed by atoms with Gasteiger partial charge in [0.05, 0.1) is 5.52 Å².